The lowest BCUT2D eigenvalue weighted by Gasteiger charge is -2.26. The molecule has 0 bridgehead atoms. The maximum absolute atomic E-state index is 13.2. The van der Waals surface area contributed by atoms with Gasteiger partial charge in [0.1, 0.15) is 18.1 Å². The number of likely N-dealkylation sites (tertiary alicyclic amines) is 1. The minimum absolute atomic E-state index is 0.0156. The van der Waals surface area contributed by atoms with Crippen LogP contribution in [0.5, 0.6) is 11.5 Å². The van der Waals surface area contributed by atoms with Crippen LogP contribution in [0.25, 0.3) is 0 Å². The number of benzene rings is 2. The number of rotatable bonds is 6. The molecule has 0 aliphatic carbocycles. The topological polar surface area (TPSA) is 59.1 Å². The number of carbonyl (C=O) groups excluding carboxylic acids is 2. The van der Waals surface area contributed by atoms with Gasteiger partial charge in [-0.15, -0.1) is 0 Å². The van der Waals surface area contributed by atoms with Crippen molar-refractivity contribution in [2.24, 2.45) is 5.92 Å². The van der Waals surface area contributed by atoms with Gasteiger partial charge in [0.15, 0.2) is 0 Å². The molecule has 2 amide bonds. The predicted octanol–water partition coefficient (Wildman–Crippen LogP) is 2.90. The number of hydrogen-bond acceptors (Lipinski definition) is 4. The molecule has 0 radical (unpaired) electrons. The summed E-state index contributed by atoms with van der Waals surface area (Å²) in [6.45, 7) is 3.38. The van der Waals surface area contributed by atoms with E-state index in [4.69, 9.17) is 9.47 Å². The van der Waals surface area contributed by atoms with Crippen LogP contribution in [-0.4, -0.2) is 49.6 Å². The molecule has 2 aromatic carbocycles. The zero-order valence-electron chi connectivity index (χ0n) is 16.8. The highest BCUT2D eigenvalue weighted by atomic mass is 16.5. The highest BCUT2D eigenvalue weighted by molar-refractivity contribution is 6.01. The fraction of sp³-hybridized carbons (Fsp3) is 0.391. The Balaban J connectivity index is 1.33. The quantitative estimate of drug-likeness (QED) is 0.756. The van der Waals surface area contributed by atoms with Gasteiger partial charge in [0.05, 0.1) is 19.6 Å². The van der Waals surface area contributed by atoms with E-state index < -0.39 is 0 Å². The molecule has 1 fully saturated rings. The Morgan fingerprint density at radius 3 is 2.55 bits per heavy atom. The maximum Gasteiger partial charge on any atom is 0.232 e. The van der Waals surface area contributed by atoms with E-state index in [1.807, 2.05) is 47.4 Å². The summed E-state index contributed by atoms with van der Waals surface area (Å²) >= 11 is 0. The van der Waals surface area contributed by atoms with Crippen molar-refractivity contribution in [1.82, 2.24) is 4.90 Å². The molecule has 0 aromatic heterocycles. The number of carbonyl (C=O) groups is 2. The number of ether oxygens (including phenoxy) is 2. The third-order valence-corrected chi connectivity index (χ3v) is 5.70. The second kappa shape index (κ2) is 8.15. The third-order valence-electron chi connectivity index (χ3n) is 5.70. The number of methoxy groups -OCH3 is 1. The first-order valence-corrected chi connectivity index (χ1v) is 10.0. The first-order valence-electron chi connectivity index (χ1n) is 10.0. The molecule has 2 aromatic rings. The number of amides is 2. The summed E-state index contributed by atoms with van der Waals surface area (Å²) in [6.07, 6.45) is 1.13. The summed E-state index contributed by atoms with van der Waals surface area (Å²) in [5, 5.41) is 0. The Morgan fingerprint density at radius 1 is 1.07 bits per heavy atom. The summed E-state index contributed by atoms with van der Waals surface area (Å²) < 4.78 is 10.9. The molecule has 0 spiro atoms. The van der Waals surface area contributed by atoms with E-state index in [1.165, 1.54) is 5.56 Å². The second-order valence-electron chi connectivity index (χ2n) is 7.65. The Hall–Kier alpha value is -3.02. The molecule has 1 saturated heterocycles. The molecular weight excluding hydrogens is 368 g/mol. The van der Waals surface area contributed by atoms with Crippen molar-refractivity contribution in [2.75, 3.05) is 31.7 Å². The van der Waals surface area contributed by atoms with Crippen molar-refractivity contribution in [2.45, 2.75) is 25.8 Å². The molecule has 6 nitrogen and oxygen atoms in total. The standard InChI is InChI=1S/C23H26N2O4/c1-16-13-17-5-3-4-6-21(17)25(16)23(27)18-14-22(26)24(15-18)11-12-29-20-9-7-19(28-2)8-10-20/h3-10,16,18H,11-15H2,1-2H3. The Morgan fingerprint density at radius 2 is 1.79 bits per heavy atom. The minimum Gasteiger partial charge on any atom is -0.497 e. The molecule has 0 saturated carbocycles. The van der Waals surface area contributed by atoms with Gasteiger partial charge in [0, 0.05) is 24.7 Å². The van der Waals surface area contributed by atoms with Gasteiger partial charge in [-0.3, -0.25) is 9.59 Å². The fourth-order valence-electron chi connectivity index (χ4n) is 4.20. The number of hydrogen-bond donors (Lipinski definition) is 0. The van der Waals surface area contributed by atoms with E-state index >= 15 is 0 Å². The van der Waals surface area contributed by atoms with E-state index in [1.54, 1.807) is 12.0 Å². The molecule has 2 heterocycles. The monoisotopic (exact) mass is 394 g/mol. The van der Waals surface area contributed by atoms with Crippen LogP contribution in [0.15, 0.2) is 48.5 Å². The van der Waals surface area contributed by atoms with Gasteiger partial charge < -0.3 is 19.3 Å². The highest BCUT2D eigenvalue weighted by Gasteiger charge is 2.40. The molecule has 6 heteroatoms. The summed E-state index contributed by atoms with van der Waals surface area (Å²) in [7, 11) is 1.62. The van der Waals surface area contributed by atoms with Crippen LogP contribution in [0.1, 0.15) is 18.9 Å². The van der Waals surface area contributed by atoms with Crippen molar-refractivity contribution in [3.63, 3.8) is 0 Å². The van der Waals surface area contributed by atoms with E-state index in [0.717, 1.165) is 23.6 Å². The lowest BCUT2D eigenvalue weighted by molar-refractivity contribution is -0.128. The zero-order chi connectivity index (χ0) is 20.4. The summed E-state index contributed by atoms with van der Waals surface area (Å²) in [5.74, 6) is 1.27. The van der Waals surface area contributed by atoms with Crippen molar-refractivity contribution in [3.8, 4) is 11.5 Å². The number of fused-ring (bicyclic) bond motifs is 1. The van der Waals surface area contributed by atoms with Gasteiger partial charge in [-0.1, -0.05) is 18.2 Å². The molecule has 0 N–H and O–H groups in total. The number of para-hydroxylation sites is 1. The van der Waals surface area contributed by atoms with Crippen molar-refractivity contribution >= 4 is 17.5 Å². The summed E-state index contributed by atoms with van der Waals surface area (Å²) in [5.41, 5.74) is 2.18. The van der Waals surface area contributed by atoms with Crippen LogP contribution >= 0.6 is 0 Å². The predicted molar refractivity (Wildman–Crippen MR) is 110 cm³/mol. The number of anilines is 1. The maximum atomic E-state index is 13.2. The highest BCUT2D eigenvalue weighted by Crippen LogP contribution is 2.34. The van der Waals surface area contributed by atoms with Gasteiger partial charge in [0.2, 0.25) is 11.8 Å². The van der Waals surface area contributed by atoms with Crippen LogP contribution < -0.4 is 14.4 Å². The van der Waals surface area contributed by atoms with Crippen LogP contribution in [-0.2, 0) is 16.0 Å². The average molecular weight is 394 g/mol. The van der Waals surface area contributed by atoms with Crippen molar-refractivity contribution < 1.29 is 19.1 Å². The first-order chi connectivity index (χ1) is 14.1. The normalized spacial score (nSPS) is 20.7. The van der Waals surface area contributed by atoms with Gasteiger partial charge in [-0.2, -0.15) is 0 Å². The number of nitrogens with zero attached hydrogens (tertiary/aromatic N) is 2. The first kappa shape index (κ1) is 19.3. The van der Waals surface area contributed by atoms with Gasteiger partial charge in [-0.25, -0.2) is 0 Å². The third kappa shape index (κ3) is 3.92. The molecule has 2 aliphatic rings. The largest absolute Gasteiger partial charge is 0.497 e. The zero-order valence-corrected chi connectivity index (χ0v) is 16.8. The summed E-state index contributed by atoms with van der Waals surface area (Å²) in [4.78, 5) is 29.2. The van der Waals surface area contributed by atoms with Crippen LogP contribution in [0.2, 0.25) is 0 Å². The average Bonchev–Trinajstić information content (AvgIpc) is 3.27. The molecule has 2 aliphatic heterocycles. The van der Waals surface area contributed by atoms with E-state index in [0.29, 0.717) is 19.7 Å². The Labute approximate surface area is 171 Å². The molecular formula is C23H26N2O4. The van der Waals surface area contributed by atoms with Gasteiger partial charge in [0.25, 0.3) is 0 Å². The van der Waals surface area contributed by atoms with E-state index in [2.05, 4.69) is 13.0 Å². The molecule has 29 heavy (non-hydrogen) atoms. The molecule has 2 unspecified atom stereocenters. The molecule has 4 rings (SSSR count). The lowest BCUT2D eigenvalue weighted by atomic mass is 10.1. The van der Waals surface area contributed by atoms with Crippen LogP contribution in [0, 0.1) is 5.92 Å². The smallest absolute Gasteiger partial charge is 0.232 e. The van der Waals surface area contributed by atoms with Gasteiger partial charge in [-0.05, 0) is 49.2 Å². The van der Waals surface area contributed by atoms with Crippen molar-refractivity contribution in [1.29, 1.82) is 0 Å². The molecule has 152 valence electrons. The SMILES string of the molecule is COc1ccc(OCCN2CC(C(=O)N3c4ccccc4CC3C)CC2=O)cc1. The Bertz CT molecular complexity index is 896. The molecule has 2 atom stereocenters. The Kier molecular flexibility index (Phi) is 5.43. The minimum atomic E-state index is -0.294. The fourth-order valence-corrected chi connectivity index (χ4v) is 4.20. The van der Waals surface area contributed by atoms with E-state index in [9.17, 15) is 9.59 Å². The van der Waals surface area contributed by atoms with Crippen LogP contribution in [0.4, 0.5) is 5.69 Å². The lowest BCUT2D eigenvalue weighted by Crippen LogP contribution is -2.41. The van der Waals surface area contributed by atoms with E-state index in [-0.39, 0.29) is 30.2 Å². The van der Waals surface area contributed by atoms with Gasteiger partial charge >= 0.3 is 0 Å². The second-order valence-corrected chi connectivity index (χ2v) is 7.65. The van der Waals surface area contributed by atoms with Crippen molar-refractivity contribution in [3.05, 3.63) is 54.1 Å². The van der Waals surface area contributed by atoms with Crippen LogP contribution in [0.3, 0.4) is 0 Å². The summed E-state index contributed by atoms with van der Waals surface area (Å²) in [6, 6.07) is 15.5.